The van der Waals surface area contributed by atoms with Crippen molar-refractivity contribution in [1.29, 1.82) is 0 Å². The van der Waals surface area contributed by atoms with Gasteiger partial charge in [0.1, 0.15) is 6.61 Å². The Bertz CT molecular complexity index is 1350. The number of carbonyl (C=O) groups is 2. The van der Waals surface area contributed by atoms with Crippen molar-refractivity contribution in [3.05, 3.63) is 65.6 Å². The first-order valence-corrected chi connectivity index (χ1v) is 13.4. The Morgan fingerprint density at radius 1 is 1.10 bits per heavy atom. The van der Waals surface area contributed by atoms with Crippen molar-refractivity contribution in [3.8, 4) is 0 Å². The van der Waals surface area contributed by atoms with E-state index in [0.717, 1.165) is 18.4 Å². The van der Waals surface area contributed by atoms with Crippen molar-refractivity contribution in [2.24, 2.45) is 29.6 Å². The number of hydrogen-bond donors (Lipinski definition) is 2. The summed E-state index contributed by atoms with van der Waals surface area (Å²) in [6, 6.07) is 12.5. The van der Waals surface area contributed by atoms with Gasteiger partial charge in [0.15, 0.2) is 5.65 Å². The van der Waals surface area contributed by atoms with Crippen LogP contribution in [0.15, 0.2) is 48.7 Å². The molecular formula is C28H30F3N5O3. The Balaban J connectivity index is 1.18. The molecule has 0 bridgehead atoms. The van der Waals surface area contributed by atoms with Crippen LogP contribution in [-0.2, 0) is 22.6 Å². The molecule has 2 aliphatic carbocycles. The summed E-state index contributed by atoms with van der Waals surface area (Å²) < 4.78 is 46.7. The fraction of sp³-hybridized carbons (Fsp3) is 0.500. The highest BCUT2D eigenvalue weighted by Crippen LogP contribution is 2.57. The number of hydrogen-bond acceptors (Lipinski definition) is 5. The number of amides is 2. The zero-order chi connectivity index (χ0) is 27.1. The SMILES string of the molecule is O=C(N[C@@H](c1cn2nc(CC3C[C@@H](C(F)(F)F)CNC3=O)ccc2n1)C1C[C@@H]2C[C@@H]2C1)OCc1ccccc1. The van der Waals surface area contributed by atoms with Crippen LogP contribution in [0.1, 0.15) is 48.7 Å². The quantitative estimate of drug-likeness (QED) is 0.456. The van der Waals surface area contributed by atoms with Crippen molar-refractivity contribution in [1.82, 2.24) is 25.2 Å². The molecule has 6 atom stereocenters. The minimum atomic E-state index is -4.35. The smallest absolute Gasteiger partial charge is 0.408 e. The van der Waals surface area contributed by atoms with E-state index in [1.54, 1.807) is 22.8 Å². The molecule has 206 valence electrons. The first kappa shape index (κ1) is 25.6. The molecule has 39 heavy (non-hydrogen) atoms. The van der Waals surface area contributed by atoms with E-state index >= 15 is 0 Å². The summed E-state index contributed by atoms with van der Waals surface area (Å²) >= 11 is 0. The van der Waals surface area contributed by atoms with E-state index in [-0.39, 0.29) is 43.9 Å². The Morgan fingerprint density at radius 2 is 1.87 bits per heavy atom. The summed E-state index contributed by atoms with van der Waals surface area (Å²) in [5.74, 6) is -1.13. The molecule has 2 unspecified atom stereocenters. The first-order chi connectivity index (χ1) is 18.7. The predicted molar refractivity (Wildman–Crippen MR) is 134 cm³/mol. The topological polar surface area (TPSA) is 97.6 Å². The minimum Gasteiger partial charge on any atom is -0.445 e. The third-order valence-corrected chi connectivity index (χ3v) is 8.33. The van der Waals surface area contributed by atoms with Crippen LogP contribution in [0.25, 0.3) is 5.65 Å². The second kappa shape index (κ2) is 10.2. The second-order valence-corrected chi connectivity index (χ2v) is 11.1. The number of piperidine rings is 1. The monoisotopic (exact) mass is 541 g/mol. The van der Waals surface area contributed by atoms with Crippen molar-refractivity contribution in [3.63, 3.8) is 0 Å². The molecule has 1 saturated heterocycles. The molecule has 3 fully saturated rings. The standard InChI is InChI=1S/C28H30F3N5O3/c29-28(30,31)21-11-20(26(37)32-13-21)12-22-6-7-24-33-23(14-36(24)35-22)25(19-9-17-8-18(17)10-19)34-27(38)39-15-16-4-2-1-3-5-16/h1-7,14,17-21,25H,8-13,15H2,(H,32,37)(H,34,38)/t17-,18+,19?,20?,21-,25-/m1/s1. The molecule has 0 radical (unpaired) electrons. The van der Waals surface area contributed by atoms with Gasteiger partial charge in [0, 0.05) is 18.9 Å². The highest BCUT2D eigenvalue weighted by atomic mass is 19.4. The number of fused-ring (bicyclic) bond motifs is 2. The average Bonchev–Trinajstić information content (AvgIpc) is 3.30. The molecular weight excluding hydrogens is 511 g/mol. The maximum Gasteiger partial charge on any atom is 0.408 e. The van der Waals surface area contributed by atoms with Gasteiger partial charge in [0.2, 0.25) is 5.91 Å². The first-order valence-electron chi connectivity index (χ1n) is 13.4. The van der Waals surface area contributed by atoms with Gasteiger partial charge in [-0.1, -0.05) is 30.3 Å². The molecule has 8 nitrogen and oxygen atoms in total. The van der Waals surface area contributed by atoms with E-state index in [2.05, 4.69) is 15.7 Å². The number of nitrogens with one attached hydrogen (secondary N) is 2. The molecule has 3 aromatic rings. The highest BCUT2D eigenvalue weighted by Gasteiger charge is 2.49. The molecule has 2 amide bonds. The number of alkyl carbamates (subject to hydrolysis) is 1. The van der Waals surface area contributed by atoms with Gasteiger partial charge in [-0.15, -0.1) is 0 Å². The predicted octanol–water partition coefficient (Wildman–Crippen LogP) is 4.60. The third kappa shape index (κ3) is 5.72. The number of nitrogens with zero attached hydrogens (tertiary/aromatic N) is 3. The van der Waals surface area contributed by atoms with E-state index < -0.39 is 24.1 Å². The lowest BCUT2D eigenvalue weighted by atomic mass is 9.86. The van der Waals surface area contributed by atoms with E-state index in [9.17, 15) is 22.8 Å². The summed E-state index contributed by atoms with van der Waals surface area (Å²) in [6.45, 7) is -0.226. The maximum atomic E-state index is 13.2. The summed E-state index contributed by atoms with van der Waals surface area (Å²) in [6.07, 6.45) is -0.0136. The van der Waals surface area contributed by atoms with Crippen LogP contribution in [0, 0.1) is 29.6 Å². The van der Waals surface area contributed by atoms with Crippen LogP contribution in [-0.4, -0.2) is 39.3 Å². The number of ether oxygens (including phenoxy) is 1. The van der Waals surface area contributed by atoms with Gasteiger partial charge in [-0.3, -0.25) is 4.79 Å². The van der Waals surface area contributed by atoms with E-state index in [1.165, 1.54) is 6.42 Å². The Kier molecular flexibility index (Phi) is 6.68. The van der Waals surface area contributed by atoms with Crippen LogP contribution >= 0.6 is 0 Å². The number of rotatable bonds is 7. The van der Waals surface area contributed by atoms with Crippen LogP contribution in [0.2, 0.25) is 0 Å². The Morgan fingerprint density at radius 3 is 2.62 bits per heavy atom. The summed E-state index contributed by atoms with van der Waals surface area (Å²) in [7, 11) is 0. The summed E-state index contributed by atoms with van der Waals surface area (Å²) in [5.41, 5.74) is 2.62. The second-order valence-electron chi connectivity index (χ2n) is 11.1. The van der Waals surface area contributed by atoms with Crippen LogP contribution in [0.5, 0.6) is 0 Å². The molecule has 1 aromatic carbocycles. The number of alkyl halides is 3. The molecule has 6 rings (SSSR count). The zero-order valence-corrected chi connectivity index (χ0v) is 21.2. The van der Waals surface area contributed by atoms with E-state index in [4.69, 9.17) is 9.72 Å². The summed E-state index contributed by atoms with van der Waals surface area (Å²) in [5, 5.41) is 9.96. The van der Waals surface area contributed by atoms with Crippen molar-refractivity contribution in [2.45, 2.75) is 50.9 Å². The van der Waals surface area contributed by atoms with E-state index in [0.29, 0.717) is 28.9 Å². The number of aromatic nitrogens is 3. The Labute approximate surface area is 223 Å². The molecule has 2 N–H and O–H groups in total. The lowest BCUT2D eigenvalue weighted by Crippen LogP contribution is -2.47. The average molecular weight is 542 g/mol. The van der Waals surface area contributed by atoms with Gasteiger partial charge < -0.3 is 15.4 Å². The lowest BCUT2D eigenvalue weighted by Gasteiger charge is -2.30. The molecule has 2 aromatic heterocycles. The normalized spacial score (nSPS) is 27.1. The zero-order valence-electron chi connectivity index (χ0n) is 21.2. The molecule has 1 aliphatic heterocycles. The van der Waals surface area contributed by atoms with Gasteiger partial charge >= 0.3 is 12.3 Å². The molecule has 3 aliphatic rings. The number of imidazole rings is 1. The van der Waals surface area contributed by atoms with Crippen molar-refractivity contribution < 1.29 is 27.5 Å². The van der Waals surface area contributed by atoms with Crippen LogP contribution < -0.4 is 10.6 Å². The largest absolute Gasteiger partial charge is 0.445 e. The maximum absolute atomic E-state index is 13.2. The van der Waals surface area contributed by atoms with Gasteiger partial charge in [-0.05, 0) is 61.1 Å². The van der Waals surface area contributed by atoms with Crippen LogP contribution in [0.3, 0.4) is 0 Å². The molecule has 3 heterocycles. The molecule has 0 spiro atoms. The number of halogens is 3. The fourth-order valence-corrected chi connectivity index (χ4v) is 6.14. The van der Waals surface area contributed by atoms with Crippen molar-refractivity contribution >= 4 is 17.6 Å². The van der Waals surface area contributed by atoms with Gasteiger partial charge in [-0.25, -0.2) is 14.3 Å². The van der Waals surface area contributed by atoms with Crippen molar-refractivity contribution in [2.75, 3.05) is 6.54 Å². The molecule has 2 saturated carbocycles. The van der Waals surface area contributed by atoms with E-state index in [1.807, 2.05) is 30.3 Å². The van der Waals surface area contributed by atoms with Gasteiger partial charge in [0.05, 0.1) is 29.5 Å². The van der Waals surface area contributed by atoms with Crippen LogP contribution in [0.4, 0.5) is 18.0 Å². The third-order valence-electron chi connectivity index (χ3n) is 8.33. The number of carbonyl (C=O) groups excluding carboxylic acids is 2. The van der Waals surface area contributed by atoms with Gasteiger partial charge in [0.25, 0.3) is 0 Å². The van der Waals surface area contributed by atoms with Gasteiger partial charge in [-0.2, -0.15) is 18.3 Å². The summed E-state index contributed by atoms with van der Waals surface area (Å²) in [4.78, 5) is 29.8. The minimum absolute atomic E-state index is 0.0986. The number of benzene rings is 1. The molecule has 11 heteroatoms. The lowest BCUT2D eigenvalue weighted by molar-refractivity contribution is -0.183. The fourth-order valence-electron chi connectivity index (χ4n) is 6.14. The highest BCUT2D eigenvalue weighted by molar-refractivity contribution is 5.79. The Hall–Kier alpha value is -3.63.